The lowest BCUT2D eigenvalue weighted by Gasteiger charge is -2.61. The SMILES string of the molecule is C[C@H]1[C@H]2[C@H](C[C@H]3[C@@H]4CC[C@@H]5C[C@@H](OCc6ccccc6)CC[C@]5(C)[C@H]4CC[C@]23C)O[C@@H]1CC[C@H](C)C(=O)NCc1cn(Cc2ccc(Br)cc2)nn1. The molecule has 8 rings (SSSR count). The number of benzene rings is 2. The zero-order valence-corrected chi connectivity index (χ0v) is 33.3. The molecular formula is C44H59BrN4O3. The van der Waals surface area contributed by atoms with E-state index < -0.39 is 0 Å². The van der Waals surface area contributed by atoms with E-state index in [-0.39, 0.29) is 17.9 Å². The van der Waals surface area contributed by atoms with Gasteiger partial charge in [-0.1, -0.05) is 91.3 Å². The highest BCUT2D eigenvalue weighted by Gasteiger charge is 2.65. The Labute approximate surface area is 319 Å². The number of carbonyl (C=O) groups is 1. The van der Waals surface area contributed by atoms with E-state index in [1.807, 2.05) is 23.0 Å². The molecule has 1 N–H and O–H groups in total. The summed E-state index contributed by atoms with van der Waals surface area (Å²) in [7, 11) is 0. The first-order valence-corrected chi connectivity index (χ1v) is 21.1. The van der Waals surface area contributed by atoms with Gasteiger partial charge in [-0.15, -0.1) is 5.10 Å². The molecule has 1 saturated heterocycles. The number of rotatable bonds is 11. The fourth-order valence-corrected chi connectivity index (χ4v) is 12.6. The van der Waals surface area contributed by atoms with E-state index in [0.717, 1.165) is 58.9 Å². The molecule has 2 aromatic carbocycles. The van der Waals surface area contributed by atoms with Crippen LogP contribution in [0.4, 0.5) is 0 Å². The third kappa shape index (κ3) is 7.06. The number of halogens is 1. The standard InChI is InChI=1S/C44H59BrN4O3/c1-28(42(50)46-24-34-26-49(48-47-34)25-30-11-14-33(45)15-12-30)10-17-39-29(2)41-40(52-39)23-38-36-16-13-32-22-35(51-27-31-8-6-5-7-9-31)18-20-43(32,3)37(36)19-21-44(38,41)4/h5-9,11-12,14-15,26,28-29,32,35-41H,10,13,16-25,27H2,1-4H3,(H,46,50)/t28-,29+,32+,35-,36+,37-,38-,39+,40-,41-,43-,44-/m0/s1. The van der Waals surface area contributed by atoms with Crippen molar-refractivity contribution < 1.29 is 14.3 Å². The van der Waals surface area contributed by atoms with Crippen LogP contribution in [0.25, 0.3) is 0 Å². The fourth-order valence-electron chi connectivity index (χ4n) is 12.3. The third-order valence-electron chi connectivity index (χ3n) is 15.2. The van der Waals surface area contributed by atoms with Crippen LogP contribution in [-0.2, 0) is 34.0 Å². The Kier molecular flexibility index (Phi) is 10.5. The van der Waals surface area contributed by atoms with Crippen LogP contribution in [0.15, 0.2) is 65.3 Å². The van der Waals surface area contributed by atoms with E-state index >= 15 is 0 Å². The third-order valence-corrected chi connectivity index (χ3v) is 15.7. The van der Waals surface area contributed by atoms with Crippen molar-refractivity contribution in [2.24, 2.45) is 52.3 Å². The molecule has 4 aliphatic carbocycles. The van der Waals surface area contributed by atoms with Crippen molar-refractivity contribution in [3.63, 3.8) is 0 Å². The van der Waals surface area contributed by atoms with E-state index in [9.17, 15) is 4.79 Å². The van der Waals surface area contributed by atoms with Crippen LogP contribution in [0.5, 0.6) is 0 Å². The highest BCUT2D eigenvalue weighted by Crippen LogP contribution is 2.70. The zero-order chi connectivity index (χ0) is 36.0. The first-order valence-electron chi connectivity index (χ1n) is 20.3. The number of fused-ring (bicyclic) bond motifs is 7. The van der Waals surface area contributed by atoms with Crippen LogP contribution in [0.2, 0.25) is 0 Å². The second-order valence-corrected chi connectivity index (χ2v) is 18.9. The first-order chi connectivity index (χ1) is 25.1. The van der Waals surface area contributed by atoms with Crippen molar-refractivity contribution in [3.8, 4) is 0 Å². The van der Waals surface area contributed by atoms with Gasteiger partial charge < -0.3 is 14.8 Å². The maximum Gasteiger partial charge on any atom is 0.223 e. The molecule has 5 fully saturated rings. The minimum atomic E-state index is -0.0671. The summed E-state index contributed by atoms with van der Waals surface area (Å²) in [5, 5.41) is 11.7. The molecule has 52 heavy (non-hydrogen) atoms. The average Bonchev–Trinajstić information content (AvgIpc) is 3.82. The van der Waals surface area contributed by atoms with Gasteiger partial charge in [-0.05, 0) is 134 Å². The number of ether oxygens (including phenoxy) is 2. The van der Waals surface area contributed by atoms with Gasteiger partial charge in [0.25, 0.3) is 0 Å². The second kappa shape index (κ2) is 14.9. The molecule has 0 spiro atoms. The van der Waals surface area contributed by atoms with Crippen LogP contribution in [0, 0.1) is 52.3 Å². The van der Waals surface area contributed by atoms with Crippen LogP contribution in [-0.4, -0.2) is 39.2 Å². The molecule has 8 heteroatoms. The number of nitrogens with zero attached hydrogens (tertiary/aromatic N) is 3. The largest absolute Gasteiger partial charge is 0.374 e. The molecule has 1 aromatic heterocycles. The van der Waals surface area contributed by atoms with Crippen LogP contribution >= 0.6 is 15.9 Å². The Morgan fingerprint density at radius 1 is 1.00 bits per heavy atom. The highest BCUT2D eigenvalue weighted by atomic mass is 79.9. The van der Waals surface area contributed by atoms with Crippen molar-refractivity contribution in [2.45, 2.75) is 130 Å². The molecule has 0 unspecified atom stereocenters. The molecular weight excluding hydrogens is 712 g/mol. The summed E-state index contributed by atoms with van der Waals surface area (Å²) in [6.07, 6.45) is 15.3. The van der Waals surface area contributed by atoms with E-state index in [4.69, 9.17) is 9.47 Å². The summed E-state index contributed by atoms with van der Waals surface area (Å²) in [5.41, 5.74) is 4.05. The van der Waals surface area contributed by atoms with E-state index in [1.165, 1.54) is 56.9 Å². The van der Waals surface area contributed by atoms with Crippen molar-refractivity contribution >= 4 is 21.8 Å². The van der Waals surface area contributed by atoms with Crippen molar-refractivity contribution in [1.82, 2.24) is 20.3 Å². The Balaban J connectivity index is 0.811. The summed E-state index contributed by atoms with van der Waals surface area (Å²) >= 11 is 3.48. The number of hydrogen-bond donors (Lipinski definition) is 1. The van der Waals surface area contributed by atoms with Gasteiger partial charge in [-0.25, -0.2) is 4.68 Å². The fraction of sp³-hybridized carbons (Fsp3) is 0.659. The molecule has 3 aromatic rings. The van der Waals surface area contributed by atoms with E-state index in [1.54, 1.807) is 0 Å². The molecule has 4 saturated carbocycles. The maximum atomic E-state index is 13.1. The maximum absolute atomic E-state index is 13.1. The van der Waals surface area contributed by atoms with Gasteiger partial charge in [-0.2, -0.15) is 0 Å². The van der Waals surface area contributed by atoms with Crippen molar-refractivity contribution in [3.05, 3.63) is 82.1 Å². The van der Waals surface area contributed by atoms with Crippen molar-refractivity contribution in [2.75, 3.05) is 0 Å². The van der Waals surface area contributed by atoms with Gasteiger partial charge in [-0.3, -0.25) is 4.79 Å². The Morgan fingerprint density at radius 2 is 1.79 bits per heavy atom. The summed E-state index contributed by atoms with van der Waals surface area (Å²) in [5.74, 6) is 4.46. The normalized spacial score (nSPS) is 37.1. The number of amides is 1. The Bertz CT molecular complexity index is 1680. The highest BCUT2D eigenvalue weighted by molar-refractivity contribution is 9.10. The molecule has 1 aliphatic heterocycles. The quantitative estimate of drug-likeness (QED) is 0.210. The summed E-state index contributed by atoms with van der Waals surface area (Å²) in [6.45, 7) is 11.6. The first kappa shape index (κ1) is 36.4. The minimum absolute atomic E-state index is 0.0671. The molecule has 7 nitrogen and oxygen atoms in total. The molecule has 0 radical (unpaired) electrons. The van der Waals surface area contributed by atoms with E-state index in [2.05, 4.69) is 102 Å². The second-order valence-electron chi connectivity index (χ2n) is 18.0. The lowest BCUT2D eigenvalue weighted by atomic mass is 9.44. The Morgan fingerprint density at radius 3 is 2.60 bits per heavy atom. The predicted molar refractivity (Wildman–Crippen MR) is 207 cm³/mol. The minimum Gasteiger partial charge on any atom is -0.374 e. The molecule has 5 aliphatic rings. The number of carbonyl (C=O) groups excluding carboxylic acids is 1. The number of hydrogen-bond acceptors (Lipinski definition) is 5. The monoisotopic (exact) mass is 770 g/mol. The lowest BCUT2D eigenvalue weighted by Crippen LogP contribution is -2.54. The van der Waals surface area contributed by atoms with Gasteiger partial charge in [0, 0.05) is 10.4 Å². The van der Waals surface area contributed by atoms with Crippen molar-refractivity contribution in [1.29, 1.82) is 0 Å². The van der Waals surface area contributed by atoms with Gasteiger partial charge in [0.2, 0.25) is 5.91 Å². The molecule has 12 atom stereocenters. The van der Waals surface area contributed by atoms with Crippen LogP contribution < -0.4 is 5.32 Å². The molecule has 2 heterocycles. The zero-order valence-electron chi connectivity index (χ0n) is 31.7. The number of nitrogens with one attached hydrogen (secondary N) is 1. The van der Waals surface area contributed by atoms with Gasteiger partial charge in [0.05, 0.1) is 44.2 Å². The van der Waals surface area contributed by atoms with Gasteiger partial charge in [0.1, 0.15) is 5.69 Å². The lowest BCUT2D eigenvalue weighted by molar-refractivity contribution is -0.139. The summed E-state index contributed by atoms with van der Waals surface area (Å²) in [6, 6.07) is 18.9. The molecule has 0 bridgehead atoms. The summed E-state index contributed by atoms with van der Waals surface area (Å²) in [4.78, 5) is 13.1. The smallest absolute Gasteiger partial charge is 0.223 e. The van der Waals surface area contributed by atoms with Crippen LogP contribution in [0.3, 0.4) is 0 Å². The Hall–Kier alpha value is -2.55. The molecule has 280 valence electrons. The summed E-state index contributed by atoms with van der Waals surface area (Å²) < 4.78 is 16.4. The number of aromatic nitrogens is 3. The molecule has 1 amide bonds. The average molecular weight is 772 g/mol. The van der Waals surface area contributed by atoms with Crippen LogP contribution in [0.1, 0.15) is 109 Å². The van der Waals surface area contributed by atoms with Gasteiger partial charge in [0.15, 0.2) is 0 Å². The van der Waals surface area contributed by atoms with E-state index in [0.29, 0.717) is 48.0 Å². The van der Waals surface area contributed by atoms with Gasteiger partial charge >= 0.3 is 0 Å². The topological polar surface area (TPSA) is 78.3 Å². The predicted octanol–water partition coefficient (Wildman–Crippen LogP) is 9.38.